The standard InChI is InChI=1S/C24H19ClN2O/c25-20-12-13-21-17(15-20)11-14-23-26-22(16-27(21)23)24(28,18-7-3-1-4-8-18)19-9-5-2-6-10-19/h1-15,22,28H,16H2. The van der Waals surface area contributed by atoms with E-state index in [2.05, 4.69) is 4.90 Å². The second-order valence-electron chi connectivity index (χ2n) is 7.15. The van der Waals surface area contributed by atoms with Crippen LogP contribution in [0.1, 0.15) is 16.7 Å². The number of fused-ring (bicyclic) bond motifs is 3. The molecule has 1 unspecified atom stereocenters. The first kappa shape index (κ1) is 17.2. The van der Waals surface area contributed by atoms with Crippen LogP contribution in [0, 0.1) is 0 Å². The van der Waals surface area contributed by atoms with Crippen LogP contribution < -0.4 is 4.90 Å². The van der Waals surface area contributed by atoms with Crippen LogP contribution in [0.4, 0.5) is 5.69 Å². The van der Waals surface area contributed by atoms with E-state index in [-0.39, 0.29) is 6.04 Å². The fourth-order valence-electron chi connectivity index (χ4n) is 4.12. The largest absolute Gasteiger partial charge is 0.378 e. The zero-order chi connectivity index (χ0) is 19.1. The molecule has 3 nitrogen and oxygen atoms in total. The molecule has 0 aliphatic carbocycles. The molecule has 0 amide bonds. The zero-order valence-electron chi connectivity index (χ0n) is 15.2. The van der Waals surface area contributed by atoms with E-state index in [0.29, 0.717) is 11.6 Å². The molecular formula is C24H19ClN2O. The first-order valence-corrected chi connectivity index (χ1v) is 9.70. The Balaban J connectivity index is 1.60. The molecule has 0 bridgehead atoms. The summed E-state index contributed by atoms with van der Waals surface area (Å²) in [5.74, 6) is 0.866. The van der Waals surface area contributed by atoms with Gasteiger partial charge in [-0.1, -0.05) is 72.3 Å². The number of nitrogens with zero attached hydrogens (tertiary/aromatic N) is 2. The summed E-state index contributed by atoms with van der Waals surface area (Å²) < 4.78 is 0. The van der Waals surface area contributed by atoms with E-state index in [1.807, 2.05) is 91.0 Å². The monoisotopic (exact) mass is 386 g/mol. The third-order valence-corrected chi connectivity index (χ3v) is 5.76. The average molecular weight is 387 g/mol. The molecule has 1 N–H and O–H groups in total. The van der Waals surface area contributed by atoms with Gasteiger partial charge in [0, 0.05) is 10.7 Å². The first-order valence-electron chi connectivity index (χ1n) is 9.32. The maximum Gasteiger partial charge on any atom is 0.139 e. The molecule has 3 aromatic carbocycles. The number of anilines is 1. The molecule has 0 saturated carbocycles. The van der Waals surface area contributed by atoms with Gasteiger partial charge >= 0.3 is 0 Å². The second kappa shape index (κ2) is 6.62. The van der Waals surface area contributed by atoms with Crippen LogP contribution in [0.3, 0.4) is 0 Å². The molecule has 5 rings (SSSR count). The molecule has 4 heteroatoms. The van der Waals surface area contributed by atoms with Gasteiger partial charge in [-0.05, 0) is 47.0 Å². The molecule has 1 atom stereocenters. The maximum atomic E-state index is 12.0. The van der Waals surface area contributed by atoms with Gasteiger partial charge in [0.2, 0.25) is 0 Å². The van der Waals surface area contributed by atoms with Crippen molar-refractivity contribution in [3.05, 3.63) is 107 Å². The third-order valence-electron chi connectivity index (χ3n) is 5.52. The van der Waals surface area contributed by atoms with E-state index in [1.165, 1.54) is 0 Å². The molecule has 2 aliphatic rings. The summed E-state index contributed by atoms with van der Waals surface area (Å²) in [7, 11) is 0. The van der Waals surface area contributed by atoms with E-state index in [1.54, 1.807) is 0 Å². The Kier molecular flexibility index (Phi) is 4.08. The lowest BCUT2D eigenvalue weighted by Gasteiger charge is -2.34. The molecule has 138 valence electrons. The Morgan fingerprint density at radius 1 is 0.893 bits per heavy atom. The van der Waals surface area contributed by atoms with Crippen LogP contribution in [-0.2, 0) is 5.60 Å². The van der Waals surface area contributed by atoms with Gasteiger partial charge in [0.1, 0.15) is 17.5 Å². The minimum Gasteiger partial charge on any atom is -0.378 e. The summed E-state index contributed by atoms with van der Waals surface area (Å²) in [5.41, 5.74) is 2.60. The van der Waals surface area contributed by atoms with E-state index in [9.17, 15) is 5.11 Å². The van der Waals surface area contributed by atoms with Crippen LogP contribution in [0.15, 0.2) is 89.9 Å². The molecule has 2 heterocycles. The highest BCUT2D eigenvalue weighted by Gasteiger charge is 2.45. The van der Waals surface area contributed by atoms with E-state index >= 15 is 0 Å². The molecular weight excluding hydrogens is 368 g/mol. The van der Waals surface area contributed by atoms with Gasteiger partial charge in [0.15, 0.2) is 0 Å². The molecule has 0 saturated heterocycles. The number of rotatable bonds is 3. The fourth-order valence-corrected chi connectivity index (χ4v) is 4.30. The molecule has 28 heavy (non-hydrogen) atoms. The summed E-state index contributed by atoms with van der Waals surface area (Å²) in [6, 6.07) is 25.1. The summed E-state index contributed by atoms with van der Waals surface area (Å²) in [6.07, 6.45) is 4.03. The van der Waals surface area contributed by atoms with Crippen LogP contribution in [0.25, 0.3) is 6.08 Å². The highest BCUT2D eigenvalue weighted by Crippen LogP contribution is 2.40. The van der Waals surface area contributed by atoms with Crippen molar-refractivity contribution < 1.29 is 5.11 Å². The summed E-state index contributed by atoms with van der Waals surface area (Å²) in [4.78, 5) is 7.09. The van der Waals surface area contributed by atoms with Crippen molar-refractivity contribution >= 4 is 29.2 Å². The minimum atomic E-state index is -1.21. The van der Waals surface area contributed by atoms with Crippen molar-refractivity contribution in [2.75, 3.05) is 11.4 Å². The normalized spacial score (nSPS) is 17.9. The number of hydrogen-bond donors (Lipinski definition) is 1. The average Bonchev–Trinajstić information content (AvgIpc) is 3.19. The Hall–Kier alpha value is -2.88. The van der Waals surface area contributed by atoms with Crippen molar-refractivity contribution in [1.29, 1.82) is 0 Å². The molecule has 0 spiro atoms. The van der Waals surface area contributed by atoms with E-state index < -0.39 is 5.60 Å². The van der Waals surface area contributed by atoms with Crippen molar-refractivity contribution in [3.8, 4) is 0 Å². The quantitative estimate of drug-likeness (QED) is 0.695. The summed E-state index contributed by atoms with van der Waals surface area (Å²) in [5, 5.41) is 12.7. The van der Waals surface area contributed by atoms with Crippen LogP contribution in [0.2, 0.25) is 5.02 Å². The lowest BCUT2D eigenvalue weighted by atomic mass is 9.80. The zero-order valence-corrected chi connectivity index (χ0v) is 15.9. The van der Waals surface area contributed by atoms with Crippen LogP contribution in [0.5, 0.6) is 0 Å². The number of hydrogen-bond acceptors (Lipinski definition) is 3. The van der Waals surface area contributed by atoms with Gasteiger partial charge in [-0.25, -0.2) is 0 Å². The van der Waals surface area contributed by atoms with Gasteiger partial charge in [0.25, 0.3) is 0 Å². The number of benzene rings is 3. The van der Waals surface area contributed by atoms with Crippen molar-refractivity contribution in [2.45, 2.75) is 11.6 Å². The lowest BCUT2D eigenvalue weighted by Crippen LogP contribution is -2.43. The molecule has 3 aromatic rings. The highest BCUT2D eigenvalue weighted by atomic mass is 35.5. The smallest absolute Gasteiger partial charge is 0.139 e. The number of aliphatic imine (C=N–C) groups is 1. The molecule has 0 fully saturated rings. The van der Waals surface area contributed by atoms with Crippen LogP contribution in [-0.4, -0.2) is 23.5 Å². The minimum absolute atomic E-state index is 0.335. The Morgan fingerprint density at radius 3 is 2.18 bits per heavy atom. The van der Waals surface area contributed by atoms with Gasteiger partial charge in [0.05, 0.1) is 6.54 Å². The Labute approximate surface area is 169 Å². The maximum absolute atomic E-state index is 12.0. The topological polar surface area (TPSA) is 35.8 Å². The van der Waals surface area contributed by atoms with E-state index in [4.69, 9.17) is 16.6 Å². The number of halogens is 1. The first-order chi connectivity index (χ1) is 13.7. The molecule has 2 aliphatic heterocycles. The SMILES string of the molecule is OC(c1ccccc1)(c1ccccc1)C1CN2C(=N1)C=Cc1cc(Cl)ccc12. The lowest BCUT2D eigenvalue weighted by molar-refractivity contribution is 0.0580. The third kappa shape index (κ3) is 2.67. The number of amidine groups is 1. The van der Waals surface area contributed by atoms with Gasteiger partial charge in [-0.15, -0.1) is 0 Å². The van der Waals surface area contributed by atoms with Gasteiger partial charge in [-0.2, -0.15) is 0 Å². The van der Waals surface area contributed by atoms with Crippen LogP contribution >= 0.6 is 11.6 Å². The van der Waals surface area contributed by atoms with Gasteiger partial charge < -0.3 is 10.0 Å². The molecule has 0 radical (unpaired) electrons. The highest BCUT2D eigenvalue weighted by molar-refractivity contribution is 6.31. The Morgan fingerprint density at radius 2 is 1.54 bits per heavy atom. The summed E-state index contributed by atoms with van der Waals surface area (Å²) in [6.45, 7) is 0.592. The predicted octanol–water partition coefficient (Wildman–Crippen LogP) is 4.89. The second-order valence-corrected chi connectivity index (χ2v) is 7.59. The van der Waals surface area contributed by atoms with E-state index in [0.717, 1.165) is 28.2 Å². The predicted molar refractivity (Wildman–Crippen MR) is 115 cm³/mol. The van der Waals surface area contributed by atoms with Crippen molar-refractivity contribution in [1.82, 2.24) is 0 Å². The fraction of sp³-hybridized carbons (Fsp3) is 0.125. The molecule has 0 aromatic heterocycles. The van der Waals surface area contributed by atoms with Gasteiger partial charge in [-0.3, -0.25) is 4.99 Å². The van der Waals surface area contributed by atoms with Crippen molar-refractivity contribution in [2.24, 2.45) is 4.99 Å². The summed E-state index contributed by atoms with van der Waals surface area (Å²) >= 11 is 6.16. The van der Waals surface area contributed by atoms with Crippen molar-refractivity contribution in [3.63, 3.8) is 0 Å². The number of aliphatic hydroxyl groups is 1. The Bertz CT molecular complexity index is 1040.